The standard InChI is InChI=1S/C17H24N4/c1-13-12-21(9-8-20(13)3)17-10-14(11-18-2)19-16-7-5-4-6-15(16)17/h4-7,10,13,18H,8-9,11-12H2,1-3H3. The largest absolute Gasteiger partial charge is 0.368 e. The average Bonchev–Trinajstić information content (AvgIpc) is 2.50. The van der Waals surface area contributed by atoms with Crippen molar-refractivity contribution in [3.05, 3.63) is 36.0 Å². The van der Waals surface area contributed by atoms with Crippen molar-refractivity contribution in [3.8, 4) is 0 Å². The van der Waals surface area contributed by atoms with E-state index in [-0.39, 0.29) is 0 Å². The minimum atomic E-state index is 0.582. The maximum atomic E-state index is 4.75. The van der Waals surface area contributed by atoms with Crippen molar-refractivity contribution in [1.29, 1.82) is 0 Å². The van der Waals surface area contributed by atoms with Crippen LogP contribution in [-0.2, 0) is 6.54 Å². The molecule has 1 atom stereocenters. The molecule has 4 nitrogen and oxygen atoms in total. The summed E-state index contributed by atoms with van der Waals surface area (Å²) in [6.07, 6.45) is 0. The summed E-state index contributed by atoms with van der Waals surface area (Å²) >= 11 is 0. The van der Waals surface area contributed by atoms with Crippen molar-refractivity contribution in [2.45, 2.75) is 19.5 Å². The fourth-order valence-electron chi connectivity index (χ4n) is 3.01. The zero-order chi connectivity index (χ0) is 14.8. The van der Waals surface area contributed by atoms with Gasteiger partial charge in [-0.1, -0.05) is 18.2 Å². The lowest BCUT2D eigenvalue weighted by Crippen LogP contribution is -2.50. The number of nitrogens with zero attached hydrogens (tertiary/aromatic N) is 3. The number of rotatable bonds is 3. The van der Waals surface area contributed by atoms with Crippen LogP contribution >= 0.6 is 0 Å². The van der Waals surface area contributed by atoms with Gasteiger partial charge in [0.25, 0.3) is 0 Å². The van der Waals surface area contributed by atoms with Gasteiger partial charge in [-0.15, -0.1) is 0 Å². The van der Waals surface area contributed by atoms with Crippen LogP contribution in [0.3, 0.4) is 0 Å². The van der Waals surface area contributed by atoms with E-state index in [0.717, 1.165) is 37.4 Å². The third-order valence-corrected chi connectivity index (χ3v) is 4.41. The van der Waals surface area contributed by atoms with Gasteiger partial charge in [0.05, 0.1) is 11.2 Å². The lowest BCUT2D eigenvalue weighted by molar-refractivity contribution is 0.234. The molecule has 1 aliphatic heterocycles. The molecule has 2 aromatic rings. The normalized spacial score (nSPS) is 20.1. The molecule has 112 valence electrons. The highest BCUT2D eigenvalue weighted by Crippen LogP contribution is 2.28. The molecule has 0 spiro atoms. The Morgan fingerprint density at radius 3 is 2.86 bits per heavy atom. The molecule has 1 fully saturated rings. The van der Waals surface area contributed by atoms with Gasteiger partial charge in [-0.25, -0.2) is 0 Å². The van der Waals surface area contributed by atoms with Gasteiger partial charge >= 0.3 is 0 Å². The summed E-state index contributed by atoms with van der Waals surface area (Å²) in [5.74, 6) is 0. The zero-order valence-electron chi connectivity index (χ0n) is 13.1. The van der Waals surface area contributed by atoms with E-state index in [2.05, 4.69) is 59.4 Å². The quantitative estimate of drug-likeness (QED) is 0.935. The number of fused-ring (bicyclic) bond motifs is 1. The Bertz CT molecular complexity index is 625. The van der Waals surface area contributed by atoms with Gasteiger partial charge in [0.15, 0.2) is 0 Å². The van der Waals surface area contributed by atoms with Crippen LogP contribution in [0.25, 0.3) is 10.9 Å². The summed E-state index contributed by atoms with van der Waals surface area (Å²) in [4.78, 5) is 9.69. The molecule has 1 aromatic heterocycles. The van der Waals surface area contributed by atoms with E-state index in [1.807, 2.05) is 7.05 Å². The summed E-state index contributed by atoms with van der Waals surface area (Å²) in [7, 11) is 4.17. The van der Waals surface area contributed by atoms with Gasteiger partial charge in [-0.3, -0.25) is 4.98 Å². The SMILES string of the molecule is CNCc1cc(N2CCN(C)C(C)C2)c2ccccc2n1. The van der Waals surface area contributed by atoms with Gasteiger partial charge in [-0.2, -0.15) is 0 Å². The maximum absolute atomic E-state index is 4.75. The highest BCUT2D eigenvalue weighted by molar-refractivity contribution is 5.92. The Kier molecular flexibility index (Phi) is 4.08. The van der Waals surface area contributed by atoms with E-state index in [9.17, 15) is 0 Å². The molecular formula is C17H24N4. The smallest absolute Gasteiger partial charge is 0.0726 e. The first-order valence-electron chi connectivity index (χ1n) is 7.67. The van der Waals surface area contributed by atoms with Crippen LogP contribution in [0.4, 0.5) is 5.69 Å². The molecule has 1 unspecified atom stereocenters. The third-order valence-electron chi connectivity index (χ3n) is 4.41. The van der Waals surface area contributed by atoms with E-state index in [0.29, 0.717) is 6.04 Å². The number of piperazine rings is 1. The molecule has 21 heavy (non-hydrogen) atoms. The number of nitrogens with one attached hydrogen (secondary N) is 1. The second kappa shape index (κ2) is 6.00. The Morgan fingerprint density at radius 1 is 1.29 bits per heavy atom. The summed E-state index contributed by atoms with van der Waals surface area (Å²) in [5, 5.41) is 4.46. The van der Waals surface area contributed by atoms with Crippen LogP contribution in [0.2, 0.25) is 0 Å². The Labute approximate surface area is 126 Å². The molecule has 1 N–H and O–H groups in total. The minimum Gasteiger partial charge on any atom is -0.368 e. The van der Waals surface area contributed by atoms with Gasteiger partial charge < -0.3 is 15.1 Å². The molecule has 0 radical (unpaired) electrons. The Balaban J connectivity index is 2.03. The van der Waals surface area contributed by atoms with Gasteiger partial charge in [0, 0.05) is 43.3 Å². The number of likely N-dealkylation sites (N-methyl/N-ethyl adjacent to an activating group) is 1. The fourth-order valence-corrected chi connectivity index (χ4v) is 3.01. The van der Waals surface area contributed by atoms with Crippen LogP contribution in [-0.4, -0.2) is 49.7 Å². The van der Waals surface area contributed by atoms with E-state index < -0.39 is 0 Å². The average molecular weight is 284 g/mol. The summed E-state index contributed by atoms with van der Waals surface area (Å²) in [5.41, 5.74) is 3.52. The number of anilines is 1. The predicted octanol–water partition coefficient (Wildman–Crippen LogP) is 2.09. The van der Waals surface area contributed by atoms with Crippen molar-refractivity contribution in [1.82, 2.24) is 15.2 Å². The summed E-state index contributed by atoms with van der Waals surface area (Å²) in [6.45, 7) is 6.36. The second-order valence-electron chi connectivity index (χ2n) is 5.96. The van der Waals surface area contributed by atoms with Crippen LogP contribution in [0.15, 0.2) is 30.3 Å². The highest BCUT2D eigenvalue weighted by atomic mass is 15.3. The lowest BCUT2D eigenvalue weighted by atomic mass is 10.1. The number of hydrogen-bond donors (Lipinski definition) is 1. The molecule has 1 aromatic carbocycles. The molecule has 0 aliphatic carbocycles. The van der Waals surface area contributed by atoms with Gasteiger partial charge in [0.2, 0.25) is 0 Å². The lowest BCUT2D eigenvalue weighted by Gasteiger charge is -2.39. The van der Waals surface area contributed by atoms with Crippen LogP contribution in [0, 0.1) is 0 Å². The molecule has 1 saturated heterocycles. The van der Waals surface area contributed by atoms with Crippen molar-refractivity contribution in [2.75, 3.05) is 38.6 Å². The van der Waals surface area contributed by atoms with Crippen LogP contribution in [0.1, 0.15) is 12.6 Å². The van der Waals surface area contributed by atoms with Crippen molar-refractivity contribution >= 4 is 16.6 Å². The van der Waals surface area contributed by atoms with E-state index in [1.54, 1.807) is 0 Å². The monoisotopic (exact) mass is 284 g/mol. The molecule has 1 aliphatic rings. The Morgan fingerprint density at radius 2 is 2.10 bits per heavy atom. The number of para-hydroxylation sites is 1. The van der Waals surface area contributed by atoms with Gasteiger partial charge in [-0.05, 0) is 33.2 Å². The highest BCUT2D eigenvalue weighted by Gasteiger charge is 2.22. The number of aromatic nitrogens is 1. The predicted molar refractivity (Wildman–Crippen MR) is 88.8 cm³/mol. The molecule has 2 heterocycles. The maximum Gasteiger partial charge on any atom is 0.0726 e. The topological polar surface area (TPSA) is 31.4 Å². The molecule has 0 bridgehead atoms. The van der Waals surface area contributed by atoms with Crippen LogP contribution < -0.4 is 10.2 Å². The Hall–Kier alpha value is -1.65. The molecule has 0 saturated carbocycles. The number of hydrogen-bond acceptors (Lipinski definition) is 4. The van der Waals surface area contributed by atoms with E-state index >= 15 is 0 Å². The molecule has 4 heteroatoms. The molecule has 0 amide bonds. The fraction of sp³-hybridized carbons (Fsp3) is 0.471. The van der Waals surface area contributed by atoms with Crippen molar-refractivity contribution < 1.29 is 0 Å². The van der Waals surface area contributed by atoms with Crippen molar-refractivity contribution in [3.63, 3.8) is 0 Å². The first-order chi connectivity index (χ1) is 10.2. The number of pyridine rings is 1. The zero-order valence-corrected chi connectivity index (χ0v) is 13.1. The second-order valence-corrected chi connectivity index (χ2v) is 5.96. The molecular weight excluding hydrogens is 260 g/mol. The third kappa shape index (κ3) is 2.87. The van der Waals surface area contributed by atoms with E-state index in [4.69, 9.17) is 4.98 Å². The minimum absolute atomic E-state index is 0.582. The van der Waals surface area contributed by atoms with E-state index in [1.165, 1.54) is 11.1 Å². The van der Waals surface area contributed by atoms with Crippen molar-refractivity contribution in [2.24, 2.45) is 0 Å². The summed E-state index contributed by atoms with van der Waals surface area (Å²) < 4.78 is 0. The first kappa shape index (κ1) is 14.3. The molecule has 3 rings (SSSR count). The van der Waals surface area contributed by atoms with Gasteiger partial charge in [0.1, 0.15) is 0 Å². The first-order valence-corrected chi connectivity index (χ1v) is 7.67. The number of benzene rings is 1. The summed E-state index contributed by atoms with van der Waals surface area (Å²) in [6, 6.07) is 11.3. The van der Waals surface area contributed by atoms with Crippen LogP contribution in [0.5, 0.6) is 0 Å².